The van der Waals surface area contributed by atoms with Crippen molar-refractivity contribution in [1.29, 1.82) is 0 Å². The fourth-order valence-electron chi connectivity index (χ4n) is 1.78. The standard InChI is InChI=1S/C17H17N/c1-14-13-17(18)12-11-16(14)10-6-5-9-15-7-3-2-4-8-15/h2-13H,18H2,1H3/b9-5+,10-6+. The first kappa shape index (κ1) is 12.2. The smallest absolute Gasteiger partial charge is 0.0317 e. The highest BCUT2D eigenvalue weighted by Crippen LogP contribution is 2.14. The molecule has 0 bridgehead atoms. The van der Waals surface area contributed by atoms with Gasteiger partial charge >= 0.3 is 0 Å². The number of hydrogen-bond acceptors (Lipinski definition) is 1. The van der Waals surface area contributed by atoms with E-state index < -0.39 is 0 Å². The van der Waals surface area contributed by atoms with Gasteiger partial charge in [0, 0.05) is 5.69 Å². The van der Waals surface area contributed by atoms with E-state index in [1.165, 1.54) is 16.7 Å². The fourth-order valence-corrected chi connectivity index (χ4v) is 1.78. The van der Waals surface area contributed by atoms with Crippen LogP contribution in [0, 0.1) is 6.92 Å². The number of nitrogen functional groups attached to an aromatic ring is 1. The van der Waals surface area contributed by atoms with Crippen LogP contribution in [-0.4, -0.2) is 0 Å². The molecule has 0 saturated heterocycles. The van der Waals surface area contributed by atoms with E-state index >= 15 is 0 Å². The van der Waals surface area contributed by atoms with Crippen molar-refractivity contribution in [1.82, 2.24) is 0 Å². The van der Waals surface area contributed by atoms with Gasteiger partial charge in [-0.2, -0.15) is 0 Å². The first-order valence-corrected chi connectivity index (χ1v) is 6.01. The number of aryl methyl sites for hydroxylation is 1. The molecule has 90 valence electrons. The number of allylic oxidation sites excluding steroid dienone is 2. The Kier molecular flexibility index (Phi) is 3.98. The lowest BCUT2D eigenvalue weighted by Crippen LogP contribution is -1.87. The van der Waals surface area contributed by atoms with Gasteiger partial charge in [-0.05, 0) is 35.7 Å². The summed E-state index contributed by atoms with van der Waals surface area (Å²) in [6, 6.07) is 16.2. The highest BCUT2D eigenvalue weighted by Gasteiger charge is 1.93. The van der Waals surface area contributed by atoms with Crippen molar-refractivity contribution >= 4 is 17.8 Å². The topological polar surface area (TPSA) is 26.0 Å². The van der Waals surface area contributed by atoms with Crippen molar-refractivity contribution in [3.63, 3.8) is 0 Å². The van der Waals surface area contributed by atoms with Crippen molar-refractivity contribution in [3.8, 4) is 0 Å². The number of benzene rings is 2. The minimum Gasteiger partial charge on any atom is -0.399 e. The van der Waals surface area contributed by atoms with Gasteiger partial charge in [0.05, 0.1) is 0 Å². The van der Waals surface area contributed by atoms with Gasteiger partial charge in [0.15, 0.2) is 0 Å². The third kappa shape index (κ3) is 3.36. The molecule has 0 aliphatic rings. The van der Waals surface area contributed by atoms with Gasteiger partial charge in [-0.15, -0.1) is 0 Å². The molecular weight excluding hydrogens is 218 g/mol. The predicted molar refractivity (Wildman–Crippen MR) is 80.1 cm³/mol. The Morgan fingerprint density at radius 1 is 0.889 bits per heavy atom. The van der Waals surface area contributed by atoms with Crippen LogP contribution in [0.15, 0.2) is 60.7 Å². The number of hydrogen-bond donors (Lipinski definition) is 1. The summed E-state index contributed by atoms with van der Waals surface area (Å²) in [5.74, 6) is 0. The molecule has 0 atom stereocenters. The molecule has 0 spiro atoms. The van der Waals surface area contributed by atoms with Crippen molar-refractivity contribution in [2.75, 3.05) is 5.73 Å². The summed E-state index contributed by atoms with van der Waals surface area (Å²) >= 11 is 0. The quantitative estimate of drug-likeness (QED) is 0.623. The molecule has 2 rings (SSSR count). The first-order valence-electron chi connectivity index (χ1n) is 6.01. The zero-order chi connectivity index (χ0) is 12.8. The lowest BCUT2D eigenvalue weighted by molar-refractivity contribution is 1.44. The number of nitrogens with two attached hydrogens (primary N) is 1. The molecule has 0 aliphatic carbocycles. The van der Waals surface area contributed by atoms with Gasteiger partial charge in [0.1, 0.15) is 0 Å². The first-order chi connectivity index (χ1) is 8.75. The van der Waals surface area contributed by atoms with Crippen LogP contribution in [0.4, 0.5) is 5.69 Å². The van der Waals surface area contributed by atoms with Crippen molar-refractivity contribution in [2.24, 2.45) is 0 Å². The van der Waals surface area contributed by atoms with Gasteiger partial charge in [-0.1, -0.05) is 60.7 Å². The molecule has 2 N–H and O–H groups in total. The SMILES string of the molecule is Cc1cc(N)ccc1/C=C/C=C/c1ccccc1. The monoisotopic (exact) mass is 235 g/mol. The molecule has 0 amide bonds. The van der Waals surface area contributed by atoms with Crippen LogP contribution in [0.5, 0.6) is 0 Å². The maximum atomic E-state index is 5.72. The van der Waals surface area contributed by atoms with Crippen LogP contribution in [0.2, 0.25) is 0 Å². The van der Waals surface area contributed by atoms with Gasteiger partial charge in [-0.25, -0.2) is 0 Å². The second-order valence-electron chi connectivity index (χ2n) is 4.24. The second kappa shape index (κ2) is 5.87. The molecule has 1 heteroatoms. The van der Waals surface area contributed by atoms with Crippen molar-refractivity contribution in [2.45, 2.75) is 6.92 Å². The largest absolute Gasteiger partial charge is 0.399 e. The third-order valence-corrected chi connectivity index (χ3v) is 2.77. The van der Waals surface area contributed by atoms with E-state index in [1.807, 2.05) is 48.6 Å². The molecule has 2 aromatic carbocycles. The van der Waals surface area contributed by atoms with Gasteiger partial charge in [-0.3, -0.25) is 0 Å². The minimum absolute atomic E-state index is 0.810. The summed E-state index contributed by atoms with van der Waals surface area (Å²) in [7, 11) is 0. The molecule has 0 fully saturated rings. The van der Waals surface area contributed by atoms with E-state index in [2.05, 4.69) is 31.2 Å². The molecule has 0 heterocycles. The normalized spacial score (nSPS) is 11.4. The van der Waals surface area contributed by atoms with E-state index in [9.17, 15) is 0 Å². The van der Waals surface area contributed by atoms with Gasteiger partial charge in [0.2, 0.25) is 0 Å². The number of rotatable bonds is 3. The van der Waals surface area contributed by atoms with Crippen LogP contribution in [0.25, 0.3) is 12.2 Å². The average molecular weight is 235 g/mol. The summed E-state index contributed by atoms with van der Waals surface area (Å²) in [4.78, 5) is 0. The maximum absolute atomic E-state index is 5.72. The Balaban J connectivity index is 2.06. The summed E-state index contributed by atoms with van der Waals surface area (Å²) in [5.41, 5.74) is 10.1. The summed E-state index contributed by atoms with van der Waals surface area (Å²) in [5, 5.41) is 0. The molecule has 0 radical (unpaired) electrons. The molecule has 0 unspecified atom stereocenters. The average Bonchev–Trinajstić information content (AvgIpc) is 2.38. The van der Waals surface area contributed by atoms with Crippen LogP contribution in [0.3, 0.4) is 0 Å². The van der Waals surface area contributed by atoms with E-state index in [0.717, 1.165) is 5.69 Å². The van der Waals surface area contributed by atoms with Crippen LogP contribution < -0.4 is 5.73 Å². The predicted octanol–water partition coefficient (Wildman–Crippen LogP) is 4.30. The Hall–Kier alpha value is -2.28. The molecular formula is C17H17N. The third-order valence-electron chi connectivity index (χ3n) is 2.77. The fraction of sp³-hybridized carbons (Fsp3) is 0.0588. The zero-order valence-corrected chi connectivity index (χ0v) is 10.5. The van der Waals surface area contributed by atoms with E-state index in [0.29, 0.717) is 0 Å². The maximum Gasteiger partial charge on any atom is 0.0317 e. The molecule has 0 aromatic heterocycles. The Morgan fingerprint density at radius 3 is 2.33 bits per heavy atom. The van der Waals surface area contributed by atoms with Crippen LogP contribution >= 0.6 is 0 Å². The van der Waals surface area contributed by atoms with Crippen molar-refractivity contribution in [3.05, 3.63) is 77.4 Å². The van der Waals surface area contributed by atoms with Gasteiger partial charge in [0.25, 0.3) is 0 Å². The lowest BCUT2D eigenvalue weighted by Gasteiger charge is -2.00. The Labute approximate surface area is 108 Å². The lowest BCUT2D eigenvalue weighted by atomic mass is 10.1. The summed E-state index contributed by atoms with van der Waals surface area (Å²) in [6.45, 7) is 2.07. The molecule has 1 nitrogen and oxygen atoms in total. The zero-order valence-electron chi connectivity index (χ0n) is 10.5. The van der Waals surface area contributed by atoms with Crippen LogP contribution in [0.1, 0.15) is 16.7 Å². The Morgan fingerprint density at radius 2 is 1.61 bits per heavy atom. The van der Waals surface area contributed by atoms with E-state index in [1.54, 1.807) is 0 Å². The highest BCUT2D eigenvalue weighted by atomic mass is 14.5. The Bertz CT molecular complexity index is 565. The summed E-state index contributed by atoms with van der Waals surface area (Å²) in [6.07, 6.45) is 8.27. The van der Waals surface area contributed by atoms with E-state index in [4.69, 9.17) is 5.73 Å². The molecule has 18 heavy (non-hydrogen) atoms. The second-order valence-corrected chi connectivity index (χ2v) is 4.24. The van der Waals surface area contributed by atoms with Gasteiger partial charge < -0.3 is 5.73 Å². The van der Waals surface area contributed by atoms with Crippen molar-refractivity contribution < 1.29 is 0 Å². The minimum atomic E-state index is 0.810. The molecule has 2 aromatic rings. The van der Waals surface area contributed by atoms with Crippen LogP contribution in [-0.2, 0) is 0 Å². The molecule has 0 aliphatic heterocycles. The molecule has 0 saturated carbocycles. The summed E-state index contributed by atoms with van der Waals surface area (Å²) < 4.78 is 0. The van der Waals surface area contributed by atoms with E-state index in [-0.39, 0.29) is 0 Å². The number of anilines is 1. The highest BCUT2D eigenvalue weighted by molar-refractivity contribution is 5.61.